The summed E-state index contributed by atoms with van der Waals surface area (Å²) < 4.78 is 0. The van der Waals surface area contributed by atoms with Crippen molar-refractivity contribution >= 4 is 17.4 Å². The van der Waals surface area contributed by atoms with Crippen molar-refractivity contribution in [3.63, 3.8) is 0 Å². The fourth-order valence-corrected chi connectivity index (χ4v) is 1.01. The van der Waals surface area contributed by atoms with Gasteiger partial charge >= 0.3 is 0 Å². The van der Waals surface area contributed by atoms with Gasteiger partial charge in [0, 0.05) is 18.7 Å². The predicted molar refractivity (Wildman–Crippen MR) is 44.5 cm³/mol. The first kappa shape index (κ1) is 9.96. The molecule has 0 heterocycles. The fraction of sp³-hybridized carbons (Fsp3) is 0.875. The first-order valence-corrected chi connectivity index (χ1v) is 4.42. The molecule has 0 aliphatic rings. The molecule has 0 aliphatic carbocycles. The summed E-state index contributed by atoms with van der Waals surface area (Å²) in [4.78, 5) is 10.8. The molecule has 0 bridgehead atoms. The molecule has 2 heteroatoms. The molecule has 0 aromatic rings. The van der Waals surface area contributed by atoms with E-state index in [1.807, 2.05) is 0 Å². The van der Waals surface area contributed by atoms with Crippen LogP contribution in [0.25, 0.3) is 0 Å². The van der Waals surface area contributed by atoms with Crippen molar-refractivity contribution in [3.8, 4) is 0 Å². The van der Waals surface area contributed by atoms with Crippen LogP contribution < -0.4 is 0 Å². The molecule has 0 rings (SSSR count). The highest BCUT2D eigenvalue weighted by atomic mass is 35.5. The second-order valence-electron chi connectivity index (χ2n) is 2.43. The van der Waals surface area contributed by atoms with E-state index in [-0.39, 0.29) is 0 Å². The Morgan fingerprint density at radius 1 is 1.30 bits per heavy atom. The lowest BCUT2D eigenvalue weighted by Crippen LogP contribution is -1.97. The summed E-state index contributed by atoms with van der Waals surface area (Å²) in [6.07, 6.45) is 4.64. The molecule has 0 fully saturated rings. The van der Waals surface area contributed by atoms with Gasteiger partial charge in [0.15, 0.2) is 0 Å². The average molecular weight is 163 g/mol. The molecule has 0 saturated carbocycles. The molecular weight excluding hydrogens is 148 g/mol. The van der Waals surface area contributed by atoms with Gasteiger partial charge in [0.1, 0.15) is 5.78 Å². The quantitative estimate of drug-likeness (QED) is 0.434. The van der Waals surface area contributed by atoms with E-state index in [1.54, 1.807) is 0 Å². The van der Waals surface area contributed by atoms with Crippen LogP contribution in [-0.4, -0.2) is 11.7 Å². The number of carbonyl (C=O) groups excluding carboxylic acids is 1. The molecule has 0 atom stereocenters. The van der Waals surface area contributed by atoms with Gasteiger partial charge < -0.3 is 0 Å². The molecular formula is C8H15ClO. The highest BCUT2D eigenvalue weighted by molar-refractivity contribution is 6.19. The number of hydrogen-bond acceptors (Lipinski definition) is 1. The van der Waals surface area contributed by atoms with Gasteiger partial charge in [0.05, 0.1) is 0 Å². The summed E-state index contributed by atoms with van der Waals surface area (Å²) >= 11 is 5.39. The highest BCUT2D eigenvalue weighted by Gasteiger charge is 1.98. The first-order valence-electron chi connectivity index (χ1n) is 3.89. The predicted octanol–water partition coefficient (Wildman–Crippen LogP) is 2.76. The van der Waals surface area contributed by atoms with Crippen molar-refractivity contribution in [2.75, 3.05) is 5.88 Å². The van der Waals surface area contributed by atoms with Crippen LogP contribution in [0, 0.1) is 0 Å². The van der Waals surface area contributed by atoms with E-state index in [2.05, 4.69) is 6.92 Å². The first-order chi connectivity index (χ1) is 4.81. The second kappa shape index (κ2) is 7.07. The maximum atomic E-state index is 10.8. The van der Waals surface area contributed by atoms with E-state index >= 15 is 0 Å². The summed E-state index contributed by atoms with van der Waals surface area (Å²) in [5.41, 5.74) is 0. The van der Waals surface area contributed by atoms with Crippen molar-refractivity contribution in [2.24, 2.45) is 0 Å². The number of ketones is 1. The van der Waals surface area contributed by atoms with Crippen molar-refractivity contribution < 1.29 is 4.79 Å². The van der Waals surface area contributed by atoms with Crippen molar-refractivity contribution in [1.82, 2.24) is 0 Å². The Kier molecular flexibility index (Phi) is 7.04. The van der Waals surface area contributed by atoms with Gasteiger partial charge in [0.2, 0.25) is 0 Å². The Balaban J connectivity index is 3.05. The van der Waals surface area contributed by atoms with Crippen LogP contribution in [0.15, 0.2) is 0 Å². The number of hydrogen-bond donors (Lipinski definition) is 0. The van der Waals surface area contributed by atoms with Crippen molar-refractivity contribution in [1.29, 1.82) is 0 Å². The van der Waals surface area contributed by atoms with Gasteiger partial charge in [-0.05, 0) is 6.42 Å². The number of rotatable bonds is 6. The summed E-state index contributed by atoms with van der Waals surface area (Å²) in [6, 6.07) is 0. The Bertz CT molecular complexity index is 91.3. The molecule has 0 unspecified atom stereocenters. The lowest BCUT2D eigenvalue weighted by Gasteiger charge is -1.95. The van der Waals surface area contributed by atoms with Crippen LogP contribution in [0.3, 0.4) is 0 Å². The third kappa shape index (κ3) is 6.09. The Labute approximate surface area is 67.8 Å². The normalized spacial score (nSPS) is 9.80. The molecule has 0 aliphatic heterocycles. The van der Waals surface area contributed by atoms with Gasteiger partial charge in [-0.2, -0.15) is 0 Å². The van der Waals surface area contributed by atoms with Crippen LogP contribution in [0.4, 0.5) is 0 Å². The van der Waals surface area contributed by atoms with Crippen LogP contribution in [0.5, 0.6) is 0 Å². The average Bonchev–Trinajstić information content (AvgIpc) is 1.89. The molecule has 0 amide bonds. The van der Waals surface area contributed by atoms with Crippen LogP contribution >= 0.6 is 11.6 Å². The Morgan fingerprint density at radius 2 is 2.00 bits per heavy atom. The van der Waals surface area contributed by atoms with Gasteiger partial charge in [-0.25, -0.2) is 0 Å². The number of unbranched alkanes of at least 4 members (excludes halogenated alkanes) is 2. The molecule has 0 saturated heterocycles. The third-order valence-corrected chi connectivity index (χ3v) is 1.62. The van der Waals surface area contributed by atoms with E-state index in [9.17, 15) is 4.79 Å². The Hall–Kier alpha value is -0.0400. The standard InChI is InChI=1S/C8H15ClO/c1-2-3-4-5-8(10)6-7-9/h2-7H2,1H3. The van der Waals surface area contributed by atoms with Crippen molar-refractivity contribution in [2.45, 2.75) is 39.0 Å². The summed E-state index contributed by atoms with van der Waals surface area (Å²) in [5, 5.41) is 0. The van der Waals surface area contributed by atoms with E-state index in [0.29, 0.717) is 18.1 Å². The maximum Gasteiger partial charge on any atom is 0.134 e. The van der Waals surface area contributed by atoms with Gasteiger partial charge in [-0.15, -0.1) is 11.6 Å². The lowest BCUT2D eigenvalue weighted by molar-refractivity contribution is -0.118. The number of Topliss-reactive ketones (excluding diaryl/α,β-unsaturated/α-hetero) is 1. The number of carbonyl (C=O) groups is 1. The number of alkyl halides is 1. The minimum atomic E-state index is 0.309. The Morgan fingerprint density at radius 3 is 2.50 bits per heavy atom. The van der Waals surface area contributed by atoms with Crippen molar-refractivity contribution in [3.05, 3.63) is 0 Å². The SMILES string of the molecule is CCCCCC(=O)CCCl. The largest absolute Gasteiger partial charge is 0.300 e. The van der Waals surface area contributed by atoms with E-state index in [4.69, 9.17) is 11.6 Å². The van der Waals surface area contributed by atoms with E-state index < -0.39 is 0 Å². The summed E-state index contributed by atoms with van der Waals surface area (Å²) in [7, 11) is 0. The fourth-order valence-electron chi connectivity index (χ4n) is 0.803. The van der Waals surface area contributed by atoms with Crippen LogP contribution in [-0.2, 0) is 4.79 Å². The monoisotopic (exact) mass is 162 g/mol. The van der Waals surface area contributed by atoms with E-state index in [1.165, 1.54) is 6.42 Å². The minimum absolute atomic E-state index is 0.309. The highest BCUT2D eigenvalue weighted by Crippen LogP contribution is 2.01. The molecule has 0 spiro atoms. The van der Waals surface area contributed by atoms with Gasteiger partial charge in [-0.1, -0.05) is 19.8 Å². The van der Waals surface area contributed by atoms with Crippen LogP contribution in [0.1, 0.15) is 39.0 Å². The zero-order valence-electron chi connectivity index (χ0n) is 6.53. The molecule has 1 nitrogen and oxygen atoms in total. The molecule has 60 valence electrons. The second-order valence-corrected chi connectivity index (χ2v) is 2.81. The molecule has 0 aromatic carbocycles. The zero-order chi connectivity index (χ0) is 7.82. The van der Waals surface area contributed by atoms with E-state index in [0.717, 1.165) is 19.3 Å². The van der Waals surface area contributed by atoms with Crippen LogP contribution in [0.2, 0.25) is 0 Å². The topological polar surface area (TPSA) is 17.1 Å². The van der Waals surface area contributed by atoms with Gasteiger partial charge in [0.25, 0.3) is 0 Å². The minimum Gasteiger partial charge on any atom is -0.300 e. The summed E-state index contributed by atoms with van der Waals surface area (Å²) in [6.45, 7) is 2.13. The molecule has 0 N–H and O–H groups in total. The zero-order valence-corrected chi connectivity index (χ0v) is 7.28. The smallest absolute Gasteiger partial charge is 0.134 e. The molecule has 0 radical (unpaired) electrons. The number of halogens is 1. The molecule has 10 heavy (non-hydrogen) atoms. The van der Waals surface area contributed by atoms with Gasteiger partial charge in [-0.3, -0.25) is 4.79 Å². The lowest BCUT2D eigenvalue weighted by atomic mass is 10.1. The molecule has 0 aromatic heterocycles. The summed E-state index contributed by atoms with van der Waals surface area (Å²) in [5.74, 6) is 0.786. The third-order valence-electron chi connectivity index (χ3n) is 1.43. The maximum absolute atomic E-state index is 10.8.